The minimum absolute atomic E-state index is 0.103. The van der Waals surface area contributed by atoms with Crippen LogP contribution in [0.1, 0.15) is 45.4 Å². The number of likely N-dealkylation sites (tertiary alicyclic amines) is 1. The Morgan fingerprint density at radius 1 is 1.32 bits per heavy atom. The Hall–Kier alpha value is -1.71. The molecule has 8 nitrogen and oxygen atoms in total. The van der Waals surface area contributed by atoms with Gasteiger partial charge >= 0.3 is 5.97 Å². The summed E-state index contributed by atoms with van der Waals surface area (Å²) in [5.74, 6) is -2.46. The van der Waals surface area contributed by atoms with Gasteiger partial charge in [0.1, 0.15) is 11.6 Å². The summed E-state index contributed by atoms with van der Waals surface area (Å²) in [5.41, 5.74) is -1.10. The molecule has 0 aliphatic carbocycles. The van der Waals surface area contributed by atoms with Gasteiger partial charge in [0, 0.05) is 31.1 Å². The van der Waals surface area contributed by atoms with E-state index in [1.54, 1.807) is 17.1 Å². The van der Waals surface area contributed by atoms with Gasteiger partial charge in [-0.15, -0.1) is 13.2 Å². The second kappa shape index (κ2) is 11.8. The zero-order chi connectivity index (χ0) is 24.9. The number of fused-ring (bicyclic) bond motifs is 1. The van der Waals surface area contributed by atoms with E-state index >= 15 is 0 Å². The second-order valence-corrected chi connectivity index (χ2v) is 10.5. The molecule has 2 amide bonds. The summed E-state index contributed by atoms with van der Waals surface area (Å²) in [6, 6.07) is -0.850. The molecular weight excluding hydrogens is 504 g/mol. The van der Waals surface area contributed by atoms with Gasteiger partial charge in [-0.05, 0) is 32.1 Å². The first kappa shape index (κ1) is 26.9. The summed E-state index contributed by atoms with van der Waals surface area (Å²) in [5, 5.41) is 9.44. The standard InChI is InChI=1S/C25H37BrN2O6/c1-4-7-9-15-33-24(32)18-19-22(30)28(13-10-14-29)21(25(19)16-17(26)20(18)34-25)23(31)27(11-6-3)12-8-5-2/h4,6,17-21,29H,1,3,5,7-16H2,2H3/t17?,18-,19+,20-,21?,25?/m1/s1. The van der Waals surface area contributed by atoms with Crippen molar-refractivity contribution in [2.24, 2.45) is 11.8 Å². The average molecular weight is 541 g/mol. The molecule has 3 aliphatic heterocycles. The van der Waals surface area contributed by atoms with Crippen molar-refractivity contribution in [3.8, 4) is 0 Å². The lowest BCUT2D eigenvalue weighted by molar-refractivity contribution is -0.155. The van der Waals surface area contributed by atoms with Crippen LogP contribution in [0, 0.1) is 11.8 Å². The van der Waals surface area contributed by atoms with Crippen molar-refractivity contribution in [1.29, 1.82) is 0 Å². The molecule has 0 aromatic heterocycles. The highest BCUT2D eigenvalue weighted by atomic mass is 79.9. The summed E-state index contributed by atoms with van der Waals surface area (Å²) < 4.78 is 12.0. The predicted octanol–water partition coefficient (Wildman–Crippen LogP) is 2.44. The fourth-order valence-electron chi connectivity index (χ4n) is 5.63. The number of unbranched alkanes of at least 4 members (excludes halogenated alkanes) is 2. The van der Waals surface area contributed by atoms with Gasteiger partial charge in [-0.1, -0.05) is 41.4 Å². The van der Waals surface area contributed by atoms with E-state index in [0.717, 1.165) is 19.3 Å². The Balaban J connectivity index is 1.94. The summed E-state index contributed by atoms with van der Waals surface area (Å²) in [7, 11) is 0. The molecule has 3 unspecified atom stereocenters. The van der Waals surface area contributed by atoms with E-state index < -0.39 is 35.6 Å². The van der Waals surface area contributed by atoms with Gasteiger partial charge in [0.25, 0.3) is 0 Å². The van der Waals surface area contributed by atoms with Crippen LogP contribution in [0.15, 0.2) is 25.3 Å². The number of ether oxygens (including phenoxy) is 2. The van der Waals surface area contributed by atoms with Crippen LogP contribution in [-0.4, -0.2) is 88.1 Å². The Bertz CT molecular complexity index is 791. The molecule has 6 atom stereocenters. The topological polar surface area (TPSA) is 96.4 Å². The fourth-order valence-corrected chi connectivity index (χ4v) is 6.57. The van der Waals surface area contributed by atoms with Crippen LogP contribution in [0.3, 0.4) is 0 Å². The number of aliphatic hydroxyl groups is 1. The molecule has 3 fully saturated rings. The van der Waals surface area contributed by atoms with Crippen molar-refractivity contribution in [1.82, 2.24) is 9.80 Å². The molecule has 3 aliphatic rings. The smallest absolute Gasteiger partial charge is 0.312 e. The van der Waals surface area contributed by atoms with E-state index in [1.165, 1.54) is 4.90 Å². The minimum atomic E-state index is -1.10. The minimum Gasteiger partial charge on any atom is -0.465 e. The van der Waals surface area contributed by atoms with Gasteiger partial charge in [0.05, 0.1) is 24.5 Å². The van der Waals surface area contributed by atoms with Crippen LogP contribution >= 0.6 is 15.9 Å². The number of allylic oxidation sites excluding steroid dienone is 1. The zero-order valence-corrected chi connectivity index (χ0v) is 21.6. The SMILES string of the molecule is C=CCCCOC(=O)[C@H]1[C@@H]2OC3(CC2Br)C(C(=O)N(CC=C)CCCC)N(CCCO)C(=O)[C@H]13. The first-order valence-corrected chi connectivity index (χ1v) is 13.2. The molecular formula is C25H37BrN2O6. The first-order chi connectivity index (χ1) is 16.4. The molecule has 0 radical (unpaired) electrons. The van der Waals surface area contributed by atoms with E-state index in [-0.39, 0.29) is 36.4 Å². The van der Waals surface area contributed by atoms with Gasteiger partial charge in [-0.3, -0.25) is 14.4 Å². The molecule has 3 saturated heterocycles. The van der Waals surface area contributed by atoms with Crippen molar-refractivity contribution in [2.75, 3.05) is 32.8 Å². The summed E-state index contributed by atoms with van der Waals surface area (Å²) in [6.07, 6.45) is 6.86. The monoisotopic (exact) mass is 540 g/mol. The normalized spacial score (nSPS) is 31.4. The van der Waals surface area contributed by atoms with E-state index in [9.17, 15) is 19.5 Å². The number of aliphatic hydroxyl groups excluding tert-OH is 1. The van der Waals surface area contributed by atoms with Crippen LogP contribution in [0.25, 0.3) is 0 Å². The van der Waals surface area contributed by atoms with Crippen LogP contribution < -0.4 is 0 Å². The fraction of sp³-hybridized carbons (Fsp3) is 0.720. The summed E-state index contributed by atoms with van der Waals surface area (Å²) >= 11 is 3.65. The summed E-state index contributed by atoms with van der Waals surface area (Å²) in [6.45, 7) is 10.8. The highest BCUT2D eigenvalue weighted by Crippen LogP contribution is 2.60. The first-order valence-electron chi connectivity index (χ1n) is 12.3. The number of halogens is 1. The van der Waals surface area contributed by atoms with Crippen molar-refractivity contribution >= 4 is 33.7 Å². The van der Waals surface area contributed by atoms with Gasteiger partial charge in [0.2, 0.25) is 11.8 Å². The van der Waals surface area contributed by atoms with Crippen molar-refractivity contribution in [3.63, 3.8) is 0 Å². The molecule has 1 N–H and O–H groups in total. The molecule has 3 heterocycles. The van der Waals surface area contributed by atoms with Crippen molar-refractivity contribution in [3.05, 3.63) is 25.3 Å². The lowest BCUT2D eigenvalue weighted by Gasteiger charge is -2.37. The van der Waals surface area contributed by atoms with Crippen LogP contribution in [0.2, 0.25) is 0 Å². The maximum absolute atomic E-state index is 13.9. The molecule has 34 heavy (non-hydrogen) atoms. The van der Waals surface area contributed by atoms with Crippen molar-refractivity contribution < 1.29 is 29.0 Å². The molecule has 9 heteroatoms. The number of amides is 2. The molecule has 0 aromatic rings. The van der Waals surface area contributed by atoms with Crippen LogP contribution in [0.4, 0.5) is 0 Å². The third kappa shape index (κ3) is 4.84. The van der Waals surface area contributed by atoms with E-state index in [1.807, 2.05) is 0 Å². The molecule has 190 valence electrons. The third-order valence-corrected chi connectivity index (χ3v) is 7.94. The molecule has 0 aromatic carbocycles. The van der Waals surface area contributed by atoms with Gasteiger partial charge in [-0.2, -0.15) is 0 Å². The van der Waals surface area contributed by atoms with Crippen molar-refractivity contribution in [2.45, 2.75) is 68.0 Å². The number of hydrogen-bond acceptors (Lipinski definition) is 6. The van der Waals surface area contributed by atoms with E-state index in [0.29, 0.717) is 32.4 Å². The molecule has 2 bridgehead atoms. The number of hydrogen-bond donors (Lipinski definition) is 1. The highest BCUT2D eigenvalue weighted by Gasteiger charge is 2.77. The van der Waals surface area contributed by atoms with E-state index in [2.05, 4.69) is 36.0 Å². The Morgan fingerprint density at radius 3 is 2.74 bits per heavy atom. The number of carbonyl (C=O) groups is 3. The maximum atomic E-state index is 13.9. The lowest BCUT2D eigenvalue weighted by atomic mass is 9.70. The quantitative estimate of drug-likeness (QED) is 0.157. The number of carbonyl (C=O) groups excluding carboxylic acids is 3. The zero-order valence-electron chi connectivity index (χ0n) is 20.0. The number of esters is 1. The van der Waals surface area contributed by atoms with Gasteiger partial charge in [-0.25, -0.2) is 0 Å². The van der Waals surface area contributed by atoms with E-state index in [4.69, 9.17) is 9.47 Å². The number of rotatable bonds is 14. The molecule has 0 saturated carbocycles. The number of alkyl halides is 1. The van der Waals surface area contributed by atoms with Crippen LogP contribution in [-0.2, 0) is 23.9 Å². The lowest BCUT2D eigenvalue weighted by Crippen LogP contribution is -2.57. The predicted molar refractivity (Wildman–Crippen MR) is 131 cm³/mol. The average Bonchev–Trinajstić information content (AvgIpc) is 3.41. The largest absolute Gasteiger partial charge is 0.465 e. The Labute approximate surface area is 210 Å². The molecule has 1 spiro atoms. The van der Waals surface area contributed by atoms with Crippen LogP contribution in [0.5, 0.6) is 0 Å². The Morgan fingerprint density at radius 2 is 2.09 bits per heavy atom. The Kier molecular flexibility index (Phi) is 9.34. The summed E-state index contributed by atoms with van der Waals surface area (Å²) in [4.78, 5) is 43.9. The maximum Gasteiger partial charge on any atom is 0.312 e. The van der Waals surface area contributed by atoms with Gasteiger partial charge in [0.15, 0.2) is 0 Å². The number of nitrogens with zero attached hydrogens (tertiary/aromatic N) is 2. The third-order valence-electron chi connectivity index (χ3n) is 7.09. The highest BCUT2D eigenvalue weighted by molar-refractivity contribution is 9.09. The second-order valence-electron chi connectivity index (χ2n) is 9.30. The van der Waals surface area contributed by atoms with Gasteiger partial charge < -0.3 is 24.4 Å². The molecule has 3 rings (SSSR count).